The summed E-state index contributed by atoms with van der Waals surface area (Å²) in [5.41, 5.74) is -0.129. The fourth-order valence-electron chi connectivity index (χ4n) is 0.941. The molecule has 1 atom stereocenters. The number of carbonyl (C=O) groups excluding carboxylic acids is 1. The number of ketones is 1. The highest BCUT2D eigenvalue weighted by molar-refractivity contribution is 9.14. The molecule has 0 radical (unpaired) electrons. The quantitative estimate of drug-likeness (QED) is 0.615. The standard InChI is InChI=1S/C7H7Br3O/c1-7(2)5(9)3(8)4(11)6(7)10/h6H,1-2H3/t6-/m1/s1. The van der Waals surface area contributed by atoms with E-state index in [1.807, 2.05) is 13.8 Å². The molecule has 0 fully saturated rings. The first kappa shape index (κ1) is 9.93. The van der Waals surface area contributed by atoms with E-state index >= 15 is 0 Å². The van der Waals surface area contributed by atoms with E-state index in [2.05, 4.69) is 47.8 Å². The summed E-state index contributed by atoms with van der Waals surface area (Å²) in [6, 6.07) is 0. The molecule has 0 unspecified atom stereocenters. The van der Waals surface area contributed by atoms with Crippen LogP contribution in [0, 0.1) is 5.41 Å². The lowest BCUT2D eigenvalue weighted by atomic mass is 9.93. The van der Waals surface area contributed by atoms with Gasteiger partial charge in [-0.15, -0.1) is 0 Å². The highest BCUT2D eigenvalue weighted by Gasteiger charge is 2.44. The van der Waals surface area contributed by atoms with Crippen molar-refractivity contribution >= 4 is 53.6 Å². The molecule has 1 aliphatic rings. The van der Waals surface area contributed by atoms with Crippen molar-refractivity contribution in [2.24, 2.45) is 5.41 Å². The average molecular weight is 347 g/mol. The van der Waals surface area contributed by atoms with Crippen LogP contribution >= 0.6 is 47.8 Å². The number of rotatable bonds is 0. The molecular formula is C7H7Br3O. The Morgan fingerprint density at radius 3 is 1.91 bits per heavy atom. The molecule has 1 aliphatic carbocycles. The number of allylic oxidation sites excluding steroid dienone is 2. The second-order valence-electron chi connectivity index (χ2n) is 3.08. The first-order valence-electron chi connectivity index (χ1n) is 3.13. The molecule has 0 aromatic heterocycles. The Hall–Kier alpha value is 0.850. The lowest BCUT2D eigenvalue weighted by Gasteiger charge is -2.21. The molecular weight excluding hydrogens is 340 g/mol. The van der Waals surface area contributed by atoms with Crippen LogP contribution in [0.3, 0.4) is 0 Å². The summed E-state index contributed by atoms with van der Waals surface area (Å²) in [4.78, 5) is 11.2. The van der Waals surface area contributed by atoms with Crippen molar-refractivity contribution in [3.63, 3.8) is 0 Å². The van der Waals surface area contributed by atoms with Crippen molar-refractivity contribution in [3.8, 4) is 0 Å². The van der Waals surface area contributed by atoms with E-state index < -0.39 is 0 Å². The van der Waals surface area contributed by atoms with Crippen LogP contribution in [-0.4, -0.2) is 10.6 Å². The van der Waals surface area contributed by atoms with Gasteiger partial charge in [0, 0.05) is 9.90 Å². The minimum atomic E-state index is -0.129. The molecule has 0 aliphatic heterocycles. The van der Waals surface area contributed by atoms with E-state index in [1.165, 1.54) is 0 Å². The average Bonchev–Trinajstić information content (AvgIpc) is 2.06. The number of hydrogen-bond donors (Lipinski definition) is 0. The largest absolute Gasteiger partial charge is 0.292 e. The van der Waals surface area contributed by atoms with E-state index in [0.717, 1.165) is 4.48 Å². The number of halogens is 3. The van der Waals surface area contributed by atoms with Crippen molar-refractivity contribution in [2.75, 3.05) is 0 Å². The van der Waals surface area contributed by atoms with Gasteiger partial charge in [0.25, 0.3) is 0 Å². The molecule has 0 bridgehead atoms. The third kappa shape index (κ3) is 1.38. The SMILES string of the molecule is CC1(C)C(Br)=C(Br)C(=O)[C@H]1Br. The van der Waals surface area contributed by atoms with Gasteiger partial charge in [-0.2, -0.15) is 0 Å². The third-order valence-electron chi connectivity index (χ3n) is 1.84. The highest BCUT2D eigenvalue weighted by atomic mass is 79.9. The topological polar surface area (TPSA) is 17.1 Å². The van der Waals surface area contributed by atoms with Gasteiger partial charge in [-0.05, 0) is 15.9 Å². The monoisotopic (exact) mass is 344 g/mol. The molecule has 11 heavy (non-hydrogen) atoms. The molecule has 0 amide bonds. The van der Waals surface area contributed by atoms with Gasteiger partial charge in [-0.25, -0.2) is 0 Å². The lowest BCUT2D eigenvalue weighted by molar-refractivity contribution is -0.114. The van der Waals surface area contributed by atoms with Gasteiger partial charge in [0.2, 0.25) is 0 Å². The molecule has 1 rings (SSSR count). The van der Waals surface area contributed by atoms with Crippen LogP contribution in [0.1, 0.15) is 13.8 Å². The van der Waals surface area contributed by atoms with E-state index in [-0.39, 0.29) is 16.0 Å². The summed E-state index contributed by atoms with van der Waals surface area (Å²) in [7, 11) is 0. The van der Waals surface area contributed by atoms with E-state index in [9.17, 15) is 4.79 Å². The Kier molecular flexibility index (Phi) is 2.68. The van der Waals surface area contributed by atoms with Gasteiger partial charge in [-0.3, -0.25) is 4.79 Å². The molecule has 62 valence electrons. The summed E-state index contributed by atoms with van der Waals surface area (Å²) in [6.07, 6.45) is 0. The van der Waals surface area contributed by atoms with Crippen LogP contribution in [0.15, 0.2) is 8.96 Å². The summed E-state index contributed by atoms with van der Waals surface area (Å²) < 4.78 is 1.60. The molecule has 0 saturated carbocycles. The van der Waals surface area contributed by atoms with Crippen LogP contribution < -0.4 is 0 Å². The Bertz CT molecular complexity index is 242. The number of alkyl halides is 1. The molecule has 0 spiro atoms. The zero-order valence-electron chi connectivity index (χ0n) is 6.12. The van der Waals surface area contributed by atoms with Crippen LogP contribution in [0.2, 0.25) is 0 Å². The number of hydrogen-bond acceptors (Lipinski definition) is 1. The Morgan fingerprint density at radius 2 is 1.82 bits per heavy atom. The van der Waals surface area contributed by atoms with Crippen molar-refractivity contribution < 1.29 is 4.79 Å². The lowest BCUT2D eigenvalue weighted by Crippen LogP contribution is -2.24. The Labute approximate surface area is 91.0 Å². The molecule has 0 heterocycles. The maximum absolute atomic E-state index is 11.3. The molecule has 0 aromatic rings. The normalized spacial score (nSPS) is 29.9. The van der Waals surface area contributed by atoms with Crippen molar-refractivity contribution in [2.45, 2.75) is 18.7 Å². The summed E-state index contributed by atoms with van der Waals surface area (Å²) in [5.74, 6) is 0.113. The Balaban J connectivity index is 3.16. The second-order valence-corrected chi connectivity index (χ2v) is 5.58. The maximum atomic E-state index is 11.3. The molecule has 0 aromatic carbocycles. The highest BCUT2D eigenvalue weighted by Crippen LogP contribution is 2.48. The number of carbonyl (C=O) groups is 1. The fraction of sp³-hybridized carbons (Fsp3) is 0.571. The third-order valence-corrected chi connectivity index (χ3v) is 6.14. The first-order valence-corrected chi connectivity index (χ1v) is 5.63. The van der Waals surface area contributed by atoms with Crippen LogP contribution in [0.5, 0.6) is 0 Å². The molecule has 1 nitrogen and oxygen atoms in total. The minimum Gasteiger partial charge on any atom is -0.292 e. The van der Waals surface area contributed by atoms with Crippen molar-refractivity contribution in [1.82, 2.24) is 0 Å². The first-order chi connectivity index (χ1) is 4.89. The molecule has 4 heteroatoms. The van der Waals surface area contributed by atoms with Crippen molar-refractivity contribution in [3.05, 3.63) is 8.96 Å². The van der Waals surface area contributed by atoms with Crippen LogP contribution in [-0.2, 0) is 4.79 Å². The second kappa shape index (κ2) is 2.96. The molecule has 0 saturated heterocycles. The smallest absolute Gasteiger partial charge is 0.185 e. The van der Waals surface area contributed by atoms with Gasteiger partial charge in [0.1, 0.15) is 0 Å². The van der Waals surface area contributed by atoms with Gasteiger partial charge in [0.05, 0.1) is 9.31 Å². The predicted octanol–water partition coefficient (Wildman–Crippen LogP) is 3.36. The minimum absolute atomic E-state index is 0.112. The number of Topliss-reactive ketones (excluding diaryl/α,β-unsaturated/α-hetero) is 1. The van der Waals surface area contributed by atoms with Crippen LogP contribution in [0.25, 0.3) is 0 Å². The molecule has 0 N–H and O–H groups in total. The Morgan fingerprint density at radius 1 is 1.36 bits per heavy atom. The van der Waals surface area contributed by atoms with E-state index in [4.69, 9.17) is 0 Å². The maximum Gasteiger partial charge on any atom is 0.185 e. The van der Waals surface area contributed by atoms with E-state index in [0.29, 0.717) is 4.48 Å². The van der Waals surface area contributed by atoms with E-state index in [1.54, 1.807) is 0 Å². The van der Waals surface area contributed by atoms with Gasteiger partial charge < -0.3 is 0 Å². The van der Waals surface area contributed by atoms with Crippen LogP contribution in [0.4, 0.5) is 0 Å². The zero-order chi connectivity index (χ0) is 8.81. The summed E-state index contributed by atoms with van der Waals surface area (Å²) in [6.45, 7) is 4.03. The van der Waals surface area contributed by atoms with Gasteiger partial charge in [-0.1, -0.05) is 45.7 Å². The predicted molar refractivity (Wildman–Crippen MR) is 56.4 cm³/mol. The van der Waals surface area contributed by atoms with Gasteiger partial charge >= 0.3 is 0 Å². The summed E-state index contributed by atoms with van der Waals surface area (Å²) in [5, 5.41) is 0. The summed E-state index contributed by atoms with van der Waals surface area (Å²) >= 11 is 9.98. The van der Waals surface area contributed by atoms with Gasteiger partial charge in [0.15, 0.2) is 5.78 Å². The zero-order valence-corrected chi connectivity index (χ0v) is 10.9. The van der Waals surface area contributed by atoms with Crippen molar-refractivity contribution in [1.29, 1.82) is 0 Å². The fourth-order valence-corrected chi connectivity index (χ4v) is 3.18.